The first-order valence-corrected chi connectivity index (χ1v) is 8.37. The van der Waals surface area contributed by atoms with Crippen molar-refractivity contribution >= 4 is 0 Å². The number of piperidine rings is 1. The van der Waals surface area contributed by atoms with Gasteiger partial charge in [0.1, 0.15) is 5.75 Å². The molecule has 2 heterocycles. The van der Waals surface area contributed by atoms with E-state index in [4.69, 9.17) is 4.74 Å². The maximum Gasteiger partial charge on any atom is 0.122 e. The molecule has 1 N–H and O–H groups in total. The van der Waals surface area contributed by atoms with Crippen LogP contribution in [0.3, 0.4) is 0 Å². The van der Waals surface area contributed by atoms with Crippen LogP contribution in [0.15, 0.2) is 18.2 Å². The summed E-state index contributed by atoms with van der Waals surface area (Å²) >= 11 is 0. The van der Waals surface area contributed by atoms with Crippen LogP contribution >= 0.6 is 0 Å². The maximum absolute atomic E-state index is 6.27. The third-order valence-corrected chi connectivity index (χ3v) is 5.18. The molecule has 0 spiro atoms. The van der Waals surface area contributed by atoms with Crippen molar-refractivity contribution in [3.05, 3.63) is 29.3 Å². The zero-order chi connectivity index (χ0) is 14.7. The molecule has 1 saturated heterocycles. The van der Waals surface area contributed by atoms with Gasteiger partial charge in [-0.1, -0.05) is 26.0 Å². The maximum atomic E-state index is 6.27. The summed E-state index contributed by atoms with van der Waals surface area (Å²) in [5.41, 5.74) is 3.16. The van der Waals surface area contributed by atoms with Crippen LogP contribution in [0.2, 0.25) is 0 Å². The van der Waals surface area contributed by atoms with Gasteiger partial charge in [0, 0.05) is 12.0 Å². The van der Waals surface area contributed by atoms with Gasteiger partial charge in [0.25, 0.3) is 0 Å². The molecule has 116 valence electrons. The summed E-state index contributed by atoms with van der Waals surface area (Å²) in [6, 6.07) is 6.49. The average molecular weight is 288 g/mol. The molecule has 3 nitrogen and oxygen atoms in total. The highest BCUT2D eigenvalue weighted by Gasteiger charge is 2.30. The zero-order valence-electron chi connectivity index (χ0n) is 13.5. The highest BCUT2D eigenvalue weighted by Crippen LogP contribution is 2.33. The number of ether oxygens (including phenoxy) is 1. The molecule has 0 saturated carbocycles. The van der Waals surface area contributed by atoms with Gasteiger partial charge in [0.2, 0.25) is 0 Å². The van der Waals surface area contributed by atoms with E-state index in [1.54, 1.807) is 0 Å². The molecule has 0 amide bonds. The number of nitrogens with zero attached hydrogens (tertiary/aromatic N) is 1. The summed E-state index contributed by atoms with van der Waals surface area (Å²) in [6.45, 7) is 11.1. The van der Waals surface area contributed by atoms with Gasteiger partial charge in [0.15, 0.2) is 0 Å². The van der Waals surface area contributed by atoms with Gasteiger partial charge >= 0.3 is 0 Å². The minimum atomic E-state index is 0.335. The molecule has 2 aliphatic heterocycles. The topological polar surface area (TPSA) is 24.5 Å². The largest absolute Gasteiger partial charge is 0.493 e. The van der Waals surface area contributed by atoms with Crippen molar-refractivity contribution in [2.75, 3.05) is 32.8 Å². The quantitative estimate of drug-likeness (QED) is 0.922. The molecule has 0 radical (unpaired) electrons. The molecule has 2 aliphatic rings. The molecule has 21 heavy (non-hydrogen) atoms. The van der Waals surface area contributed by atoms with Crippen LogP contribution in [0.1, 0.15) is 37.8 Å². The smallest absolute Gasteiger partial charge is 0.122 e. The van der Waals surface area contributed by atoms with E-state index in [1.165, 1.54) is 43.6 Å². The Morgan fingerprint density at radius 1 is 1.29 bits per heavy atom. The van der Waals surface area contributed by atoms with Crippen molar-refractivity contribution in [1.82, 2.24) is 10.2 Å². The number of likely N-dealkylation sites (tertiary alicyclic amines) is 1. The van der Waals surface area contributed by atoms with E-state index in [0.717, 1.165) is 31.9 Å². The van der Waals surface area contributed by atoms with Crippen molar-refractivity contribution in [2.24, 2.45) is 5.41 Å². The summed E-state index contributed by atoms with van der Waals surface area (Å²) < 4.78 is 6.27. The van der Waals surface area contributed by atoms with Crippen LogP contribution in [0, 0.1) is 5.41 Å². The lowest BCUT2D eigenvalue weighted by Gasteiger charge is -2.39. The molecule has 0 bridgehead atoms. The van der Waals surface area contributed by atoms with Gasteiger partial charge in [-0.15, -0.1) is 0 Å². The normalized spacial score (nSPS) is 21.8. The number of hydrogen-bond donors (Lipinski definition) is 1. The Hall–Kier alpha value is -1.06. The summed E-state index contributed by atoms with van der Waals surface area (Å²) in [5.74, 6) is 1.12. The van der Waals surface area contributed by atoms with E-state index >= 15 is 0 Å². The van der Waals surface area contributed by atoms with E-state index in [2.05, 4.69) is 42.3 Å². The Bertz CT molecular complexity index is 478. The van der Waals surface area contributed by atoms with Crippen molar-refractivity contribution in [1.29, 1.82) is 0 Å². The number of rotatable bonds is 4. The first-order valence-electron chi connectivity index (χ1n) is 8.37. The van der Waals surface area contributed by atoms with Gasteiger partial charge in [-0.3, -0.25) is 0 Å². The number of nitrogens with one attached hydrogen (secondary N) is 1. The lowest BCUT2D eigenvalue weighted by atomic mass is 9.81. The highest BCUT2D eigenvalue weighted by molar-refractivity contribution is 5.41. The van der Waals surface area contributed by atoms with Gasteiger partial charge in [-0.2, -0.15) is 0 Å². The Balaban J connectivity index is 1.63. The van der Waals surface area contributed by atoms with E-state index < -0.39 is 0 Å². The molecule has 0 unspecified atom stereocenters. The SMILES string of the molecule is CCN1CCC(C)(COc2cccc3c2CCNC3)CC1. The van der Waals surface area contributed by atoms with Gasteiger partial charge in [0.05, 0.1) is 6.61 Å². The van der Waals surface area contributed by atoms with Crippen LogP contribution in [-0.4, -0.2) is 37.7 Å². The predicted octanol–water partition coefficient (Wildman–Crippen LogP) is 2.83. The molecule has 0 aromatic heterocycles. The van der Waals surface area contributed by atoms with E-state index in [0.29, 0.717) is 5.41 Å². The molecular formula is C18H28N2O. The summed E-state index contributed by atoms with van der Waals surface area (Å²) in [6.07, 6.45) is 3.58. The fourth-order valence-corrected chi connectivity index (χ4v) is 3.44. The van der Waals surface area contributed by atoms with E-state index in [1.807, 2.05) is 0 Å². The molecule has 0 aliphatic carbocycles. The van der Waals surface area contributed by atoms with E-state index in [-0.39, 0.29) is 0 Å². The lowest BCUT2D eigenvalue weighted by Crippen LogP contribution is -2.41. The molecule has 1 fully saturated rings. The van der Waals surface area contributed by atoms with Crippen molar-refractivity contribution in [2.45, 2.75) is 39.7 Å². The summed E-state index contributed by atoms with van der Waals surface area (Å²) in [7, 11) is 0. The van der Waals surface area contributed by atoms with Crippen molar-refractivity contribution in [3.8, 4) is 5.75 Å². The molecule has 0 atom stereocenters. The minimum absolute atomic E-state index is 0.335. The Kier molecular flexibility index (Phi) is 4.51. The van der Waals surface area contributed by atoms with E-state index in [9.17, 15) is 0 Å². The predicted molar refractivity (Wildman–Crippen MR) is 86.8 cm³/mol. The van der Waals surface area contributed by atoms with Crippen LogP contribution in [-0.2, 0) is 13.0 Å². The number of fused-ring (bicyclic) bond motifs is 1. The fourth-order valence-electron chi connectivity index (χ4n) is 3.44. The lowest BCUT2D eigenvalue weighted by molar-refractivity contribution is 0.0710. The summed E-state index contributed by atoms with van der Waals surface area (Å²) in [4.78, 5) is 2.54. The number of benzene rings is 1. The van der Waals surface area contributed by atoms with Crippen LogP contribution in [0.4, 0.5) is 0 Å². The van der Waals surface area contributed by atoms with Crippen LogP contribution in [0.25, 0.3) is 0 Å². The third-order valence-electron chi connectivity index (χ3n) is 5.18. The second-order valence-electron chi connectivity index (χ2n) is 6.85. The third kappa shape index (κ3) is 3.41. The van der Waals surface area contributed by atoms with Crippen molar-refractivity contribution in [3.63, 3.8) is 0 Å². The molecule has 1 aromatic rings. The molecule has 3 heteroatoms. The highest BCUT2D eigenvalue weighted by atomic mass is 16.5. The molecule has 1 aromatic carbocycles. The van der Waals surface area contributed by atoms with Crippen LogP contribution in [0.5, 0.6) is 5.75 Å². The van der Waals surface area contributed by atoms with Crippen molar-refractivity contribution < 1.29 is 4.74 Å². The monoisotopic (exact) mass is 288 g/mol. The number of hydrogen-bond acceptors (Lipinski definition) is 3. The van der Waals surface area contributed by atoms with Gasteiger partial charge in [-0.25, -0.2) is 0 Å². The van der Waals surface area contributed by atoms with Gasteiger partial charge in [-0.05, 0) is 62.6 Å². The molecular weight excluding hydrogens is 260 g/mol. The molecule has 3 rings (SSSR count). The Morgan fingerprint density at radius 2 is 2.10 bits per heavy atom. The average Bonchev–Trinajstić information content (AvgIpc) is 2.54. The Morgan fingerprint density at radius 3 is 2.86 bits per heavy atom. The second-order valence-corrected chi connectivity index (χ2v) is 6.85. The fraction of sp³-hybridized carbons (Fsp3) is 0.667. The van der Waals surface area contributed by atoms with Crippen LogP contribution < -0.4 is 10.1 Å². The summed E-state index contributed by atoms with van der Waals surface area (Å²) in [5, 5.41) is 3.43. The minimum Gasteiger partial charge on any atom is -0.493 e. The standard InChI is InChI=1S/C18H28N2O/c1-3-20-11-8-18(2,9-12-20)14-21-17-6-4-5-15-13-19-10-7-16(15)17/h4-6,19H,3,7-14H2,1-2H3. The Labute approximate surface area is 128 Å². The van der Waals surface area contributed by atoms with Gasteiger partial charge < -0.3 is 15.0 Å². The zero-order valence-corrected chi connectivity index (χ0v) is 13.5. The first kappa shape index (κ1) is 14.9. The second kappa shape index (κ2) is 6.37. The first-order chi connectivity index (χ1) is 10.2.